The molecule has 7 heteroatoms. The monoisotopic (exact) mass is 377 g/mol. The van der Waals surface area contributed by atoms with Crippen LogP contribution in [-0.2, 0) is 14.3 Å². The van der Waals surface area contributed by atoms with Crippen molar-refractivity contribution in [3.8, 4) is 5.75 Å². The molecule has 7 nitrogen and oxygen atoms in total. The van der Waals surface area contributed by atoms with Crippen LogP contribution in [0.3, 0.4) is 0 Å². The lowest BCUT2D eigenvalue weighted by molar-refractivity contribution is -0.145. The van der Waals surface area contributed by atoms with Crippen LogP contribution >= 0.6 is 0 Å². The lowest BCUT2D eigenvalue weighted by atomic mass is 9.86. The normalized spacial score (nSPS) is 15.7. The summed E-state index contributed by atoms with van der Waals surface area (Å²) in [5.74, 6) is -0.945. The van der Waals surface area contributed by atoms with E-state index in [1.807, 2.05) is 0 Å². The van der Waals surface area contributed by atoms with Gasteiger partial charge >= 0.3 is 5.97 Å². The summed E-state index contributed by atoms with van der Waals surface area (Å²) in [7, 11) is 0. The van der Waals surface area contributed by atoms with Gasteiger partial charge < -0.3 is 19.9 Å². The molecule has 1 fully saturated rings. The van der Waals surface area contributed by atoms with Gasteiger partial charge in [0.2, 0.25) is 5.91 Å². The second kappa shape index (κ2) is 10.7. The molecule has 0 radical (unpaired) electrons. The summed E-state index contributed by atoms with van der Waals surface area (Å²) >= 11 is 0. The number of benzene rings is 1. The lowest BCUT2D eigenvalue weighted by Gasteiger charge is -2.27. The molecule has 1 aromatic rings. The number of rotatable bonds is 10. The van der Waals surface area contributed by atoms with Gasteiger partial charge in [-0.1, -0.05) is 0 Å². The predicted octanol–water partition coefficient (Wildman–Crippen LogP) is 2.29. The van der Waals surface area contributed by atoms with Crippen LogP contribution in [-0.4, -0.2) is 49.1 Å². The number of carbonyl (C=O) groups excluding carboxylic acids is 2. The Morgan fingerprint density at radius 1 is 1.22 bits per heavy atom. The Morgan fingerprint density at radius 2 is 1.89 bits per heavy atom. The number of amides is 1. The van der Waals surface area contributed by atoms with E-state index in [9.17, 15) is 19.5 Å². The van der Waals surface area contributed by atoms with Crippen molar-refractivity contribution in [2.45, 2.75) is 32.6 Å². The van der Waals surface area contributed by atoms with E-state index in [4.69, 9.17) is 9.47 Å². The second-order valence-electron chi connectivity index (χ2n) is 6.73. The number of hydrogen-bond donors (Lipinski definition) is 2. The fraction of sp³-hybridized carbons (Fsp3) is 0.550. The van der Waals surface area contributed by atoms with E-state index in [1.165, 1.54) is 6.92 Å². The topological polar surface area (TPSA) is 102 Å². The molecule has 1 aliphatic heterocycles. The lowest BCUT2D eigenvalue weighted by Crippen LogP contribution is -2.39. The van der Waals surface area contributed by atoms with Gasteiger partial charge in [0.05, 0.1) is 12.5 Å². The number of aliphatic carboxylic acids is 1. The first-order chi connectivity index (χ1) is 13.0. The van der Waals surface area contributed by atoms with Gasteiger partial charge in [-0.2, -0.15) is 0 Å². The van der Waals surface area contributed by atoms with Crippen LogP contribution < -0.4 is 10.1 Å². The summed E-state index contributed by atoms with van der Waals surface area (Å²) in [5.41, 5.74) is 0.624. The van der Waals surface area contributed by atoms with Crippen LogP contribution in [0.15, 0.2) is 24.3 Å². The maximum atomic E-state index is 12.0. The molecule has 0 bridgehead atoms. The molecule has 0 aliphatic carbocycles. The first-order valence-electron chi connectivity index (χ1n) is 9.28. The summed E-state index contributed by atoms with van der Waals surface area (Å²) < 4.78 is 10.8. The van der Waals surface area contributed by atoms with Crippen LogP contribution in [0.4, 0.5) is 0 Å². The Bertz CT molecular complexity index is 636. The molecule has 148 valence electrons. The Labute approximate surface area is 159 Å². The van der Waals surface area contributed by atoms with E-state index >= 15 is 0 Å². The maximum absolute atomic E-state index is 12.0. The minimum absolute atomic E-state index is 0.00126. The van der Waals surface area contributed by atoms with E-state index in [1.54, 1.807) is 24.3 Å². The SMILES string of the molecule is CC(=O)c1ccc(OCCCC(=O)NCC(C(=O)O)C2CCOCC2)cc1. The van der Waals surface area contributed by atoms with E-state index in [0.29, 0.717) is 50.4 Å². The van der Waals surface area contributed by atoms with Crippen molar-refractivity contribution in [2.24, 2.45) is 11.8 Å². The van der Waals surface area contributed by atoms with Crippen LogP contribution in [0.1, 0.15) is 43.0 Å². The molecule has 0 saturated carbocycles. The Kier molecular flexibility index (Phi) is 8.26. The fourth-order valence-electron chi connectivity index (χ4n) is 3.09. The van der Waals surface area contributed by atoms with Gasteiger partial charge in [-0.15, -0.1) is 0 Å². The zero-order valence-electron chi connectivity index (χ0n) is 15.6. The third kappa shape index (κ3) is 7.02. The van der Waals surface area contributed by atoms with E-state index < -0.39 is 11.9 Å². The molecule has 1 saturated heterocycles. The van der Waals surface area contributed by atoms with Crippen molar-refractivity contribution in [3.63, 3.8) is 0 Å². The molecule has 1 unspecified atom stereocenters. The standard InChI is InChI=1S/C20H27NO6/c1-14(22)15-4-6-17(7-5-15)27-10-2-3-19(23)21-13-18(20(24)25)16-8-11-26-12-9-16/h4-7,16,18H,2-3,8-13H2,1H3,(H,21,23)(H,24,25). The third-order valence-electron chi connectivity index (χ3n) is 4.75. The minimum Gasteiger partial charge on any atom is -0.494 e. The number of carboxylic acids is 1. The second-order valence-corrected chi connectivity index (χ2v) is 6.73. The van der Waals surface area contributed by atoms with Crippen LogP contribution in [0.5, 0.6) is 5.75 Å². The number of carbonyl (C=O) groups is 3. The van der Waals surface area contributed by atoms with Gasteiger partial charge in [-0.05, 0) is 56.4 Å². The smallest absolute Gasteiger partial charge is 0.308 e. The van der Waals surface area contributed by atoms with Crippen molar-refractivity contribution >= 4 is 17.7 Å². The maximum Gasteiger partial charge on any atom is 0.308 e. The van der Waals surface area contributed by atoms with Gasteiger partial charge in [0.1, 0.15) is 5.75 Å². The molecule has 1 heterocycles. The van der Waals surface area contributed by atoms with Gasteiger partial charge in [-0.25, -0.2) is 0 Å². The van der Waals surface area contributed by atoms with Crippen molar-refractivity contribution in [1.29, 1.82) is 0 Å². The molecular weight excluding hydrogens is 350 g/mol. The van der Waals surface area contributed by atoms with Crippen LogP contribution in [0.2, 0.25) is 0 Å². The fourth-order valence-corrected chi connectivity index (χ4v) is 3.09. The molecule has 1 aromatic carbocycles. The molecule has 0 aromatic heterocycles. The highest BCUT2D eigenvalue weighted by molar-refractivity contribution is 5.94. The van der Waals surface area contributed by atoms with Crippen molar-refractivity contribution < 1.29 is 29.0 Å². The minimum atomic E-state index is -0.875. The number of hydrogen-bond acceptors (Lipinski definition) is 5. The Morgan fingerprint density at radius 3 is 2.48 bits per heavy atom. The van der Waals surface area contributed by atoms with Crippen molar-refractivity contribution in [2.75, 3.05) is 26.4 Å². The van der Waals surface area contributed by atoms with E-state index in [0.717, 1.165) is 0 Å². The van der Waals surface area contributed by atoms with Gasteiger partial charge in [0.25, 0.3) is 0 Å². The first-order valence-corrected chi connectivity index (χ1v) is 9.28. The highest BCUT2D eigenvalue weighted by Crippen LogP contribution is 2.23. The summed E-state index contributed by atoms with van der Waals surface area (Å²) in [6, 6.07) is 6.85. The van der Waals surface area contributed by atoms with Crippen molar-refractivity contribution in [3.05, 3.63) is 29.8 Å². The van der Waals surface area contributed by atoms with E-state index in [-0.39, 0.29) is 30.6 Å². The first kappa shape index (κ1) is 20.9. The highest BCUT2D eigenvalue weighted by atomic mass is 16.5. The molecule has 0 spiro atoms. The number of nitrogens with one attached hydrogen (secondary N) is 1. The molecule has 27 heavy (non-hydrogen) atoms. The Hall–Kier alpha value is -2.41. The number of ether oxygens (including phenoxy) is 2. The van der Waals surface area contributed by atoms with Crippen molar-refractivity contribution in [1.82, 2.24) is 5.32 Å². The van der Waals surface area contributed by atoms with Crippen LogP contribution in [0.25, 0.3) is 0 Å². The van der Waals surface area contributed by atoms with E-state index in [2.05, 4.69) is 5.32 Å². The Balaban J connectivity index is 1.66. The third-order valence-corrected chi connectivity index (χ3v) is 4.75. The largest absolute Gasteiger partial charge is 0.494 e. The van der Waals surface area contributed by atoms with Crippen LogP contribution in [0, 0.1) is 11.8 Å². The van der Waals surface area contributed by atoms with Gasteiger partial charge in [-0.3, -0.25) is 14.4 Å². The zero-order valence-corrected chi connectivity index (χ0v) is 15.6. The zero-order chi connectivity index (χ0) is 19.6. The van der Waals surface area contributed by atoms with Gasteiger partial charge in [0.15, 0.2) is 5.78 Å². The molecule has 1 atom stereocenters. The summed E-state index contributed by atoms with van der Waals surface area (Å²) in [4.78, 5) is 34.6. The summed E-state index contributed by atoms with van der Waals surface area (Å²) in [6.07, 6.45) is 2.22. The molecular formula is C20H27NO6. The quantitative estimate of drug-likeness (QED) is 0.479. The number of Topliss-reactive ketones (excluding diaryl/α,β-unsaturated/α-hetero) is 1. The average Bonchev–Trinajstić information content (AvgIpc) is 2.66. The highest BCUT2D eigenvalue weighted by Gasteiger charge is 2.29. The molecule has 2 N–H and O–H groups in total. The molecule has 1 aliphatic rings. The number of carboxylic acid groups (broad SMARTS) is 1. The van der Waals surface area contributed by atoms with Gasteiger partial charge in [0, 0.05) is 31.7 Å². The molecule has 2 rings (SSSR count). The summed E-state index contributed by atoms with van der Waals surface area (Å²) in [6.45, 7) is 3.17. The average molecular weight is 377 g/mol. The summed E-state index contributed by atoms with van der Waals surface area (Å²) in [5, 5.41) is 12.1. The number of ketones is 1. The molecule has 1 amide bonds. The predicted molar refractivity (Wildman–Crippen MR) is 98.9 cm³/mol.